The molecule has 6 nitrogen and oxygen atoms in total. The van der Waals surface area contributed by atoms with Crippen LogP contribution in [-0.4, -0.2) is 63.3 Å². The largest absolute Gasteiger partial charge is 0.311 e. The van der Waals surface area contributed by atoms with Crippen LogP contribution in [0.3, 0.4) is 0 Å². The average molecular weight is 456 g/mol. The van der Waals surface area contributed by atoms with Crippen LogP contribution in [0, 0.1) is 0 Å². The van der Waals surface area contributed by atoms with Gasteiger partial charge in [-0.15, -0.1) is 0 Å². The number of fused-ring (bicyclic) bond motifs is 1. The zero-order valence-corrected chi connectivity index (χ0v) is 19.7. The van der Waals surface area contributed by atoms with Crippen molar-refractivity contribution in [1.82, 2.24) is 9.21 Å². The lowest BCUT2D eigenvalue weighted by Gasteiger charge is -2.26. The van der Waals surface area contributed by atoms with E-state index in [4.69, 9.17) is 0 Å². The molecule has 0 atom stereocenters. The van der Waals surface area contributed by atoms with Crippen LogP contribution in [-0.2, 0) is 27.7 Å². The van der Waals surface area contributed by atoms with Crippen LogP contribution in [0.1, 0.15) is 36.8 Å². The SMILES string of the molecule is CN(CCCc1ccccc1)CC(=O)N1CCc2cc(S(=O)(=O)N3CCCCC3)ccc21. The monoisotopic (exact) mass is 455 g/mol. The second kappa shape index (κ2) is 10.1. The molecule has 1 fully saturated rings. The smallest absolute Gasteiger partial charge is 0.243 e. The predicted octanol–water partition coefficient (Wildman–Crippen LogP) is 3.31. The fourth-order valence-electron chi connectivity index (χ4n) is 4.65. The minimum absolute atomic E-state index is 0.0672. The third-order valence-corrected chi connectivity index (χ3v) is 8.35. The van der Waals surface area contributed by atoms with Crippen LogP contribution in [0.2, 0.25) is 0 Å². The van der Waals surface area contributed by atoms with Gasteiger partial charge in [0.15, 0.2) is 0 Å². The van der Waals surface area contributed by atoms with Gasteiger partial charge in [-0.1, -0.05) is 36.8 Å². The van der Waals surface area contributed by atoms with Crippen LogP contribution < -0.4 is 4.90 Å². The summed E-state index contributed by atoms with van der Waals surface area (Å²) in [6.45, 7) is 3.02. The quantitative estimate of drug-likeness (QED) is 0.613. The number of nitrogens with zero attached hydrogens (tertiary/aromatic N) is 3. The van der Waals surface area contributed by atoms with E-state index in [1.807, 2.05) is 19.2 Å². The number of carbonyl (C=O) groups excluding carboxylic acids is 1. The number of aryl methyl sites for hydroxylation is 1. The van der Waals surface area contributed by atoms with E-state index in [0.717, 1.165) is 49.9 Å². The van der Waals surface area contributed by atoms with Gasteiger partial charge in [0.05, 0.1) is 11.4 Å². The number of hydrogen-bond donors (Lipinski definition) is 0. The molecule has 2 aliphatic heterocycles. The van der Waals surface area contributed by atoms with E-state index >= 15 is 0 Å². The number of sulfonamides is 1. The van der Waals surface area contributed by atoms with Crippen molar-refractivity contribution in [3.8, 4) is 0 Å². The van der Waals surface area contributed by atoms with E-state index in [-0.39, 0.29) is 5.91 Å². The van der Waals surface area contributed by atoms with Crippen molar-refractivity contribution >= 4 is 21.6 Å². The summed E-state index contributed by atoms with van der Waals surface area (Å²) in [7, 11) is -1.47. The molecule has 2 heterocycles. The van der Waals surface area contributed by atoms with Crippen molar-refractivity contribution in [1.29, 1.82) is 0 Å². The summed E-state index contributed by atoms with van der Waals surface area (Å²) in [5.74, 6) is 0.0672. The molecule has 0 aromatic heterocycles. The summed E-state index contributed by atoms with van der Waals surface area (Å²) in [5, 5.41) is 0. The van der Waals surface area contributed by atoms with Gasteiger partial charge in [-0.2, -0.15) is 4.31 Å². The van der Waals surface area contributed by atoms with Gasteiger partial charge in [0.2, 0.25) is 15.9 Å². The maximum absolute atomic E-state index is 13.0. The molecule has 0 aliphatic carbocycles. The highest BCUT2D eigenvalue weighted by atomic mass is 32.2. The Morgan fingerprint density at radius 2 is 1.75 bits per heavy atom. The van der Waals surface area contributed by atoms with Gasteiger partial charge in [0.1, 0.15) is 0 Å². The molecule has 2 aliphatic rings. The second-order valence-electron chi connectivity index (χ2n) is 8.88. The van der Waals surface area contributed by atoms with E-state index in [0.29, 0.717) is 37.5 Å². The fraction of sp³-hybridized carbons (Fsp3) is 0.480. The minimum Gasteiger partial charge on any atom is -0.311 e. The molecule has 172 valence electrons. The molecule has 0 spiro atoms. The Morgan fingerprint density at radius 3 is 2.50 bits per heavy atom. The number of amides is 1. The third-order valence-electron chi connectivity index (χ3n) is 6.45. The Labute approximate surface area is 191 Å². The van der Waals surface area contributed by atoms with Gasteiger partial charge in [0.25, 0.3) is 0 Å². The molecule has 1 amide bonds. The lowest BCUT2D eigenvalue weighted by molar-refractivity contribution is -0.119. The Hall–Kier alpha value is -2.22. The Morgan fingerprint density at radius 1 is 1.00 bits per heavy atom. The highest BCUT2D eigenvalue weighted by Gasteiger charge is 2.30. The molecule has 7 heteroatoms. The zero-order chi connectivity index (χ0) is 22.6. The molecular weight excluding hydrogens is 422 g/mol. The van der Waals surface area contributed by atoms with Gasteiger partial charge >= 0.3 is 0 Å². The molecule has 0 bridgehead atoms. The molecule has 32 heavy (non-hydrogen) atoms. The first-order valence-electron chi connectivity index (χ1n) is 11.6. The number of piperidine rings is 1. The Kier molecular flexibility index (Phi) is 7.28. The first kappa shape index (κ1) is 23.0. The molecule has 4 rings (SSSR count). The van der Waals surface area contributed by atoms with Crippen LogP contribution in [0.25, 0.3) is 0 Å². The number of carbonyl (C=O) groups is 1. The summed E-state index contributed by atoms with van der Waals surface area (Å²) < 4.78 is 27.6. The Bertz CT molecular complexity index is 1030. The molecule has 0 radical (unpaired) electrons. The Balaban J connectivity index is 1.35. The molecule has 1 saturated heterocycles. The summed E-state index contributed by atoms with van der Waals surface area (Å²) in [6, 6.07) is 15.6. The summed E-state index contributed by atoms with van der Waals surface area (Å²) in [4.78, 5) is 17.2. The van der Waals surface area contributed by atoms with Gasteiger partial charge in [-0.25, -0.2) is 8.42 Å². The molecular formula is C25H33N3O3S. The predicted molar refractivity (Wildman–Crippen MR) is 127 cm³/mol. The summed E-state index contributed by atoms with van der Waals surface area (Å²) in [5.41, 5.74) is 3.12. The third kappa shape index (κ3) is 5.22. The number of likely N-dealkylation sites (N-methyl/N-ethyl adjacent to an activating group) is 1. The first-order chi connectivity index (χ1) is 15.4. The maximum Gasteiger partial charge on any atom is 0.243 e. The van der Waals surface area contributed by atoms with E-state index in [1.54, 1.807) is 21.3 Å². The topological polar surface area (TPSA) is 60.9 Å². The van der Waals surface area contributed by atoms with Crippen molar-refractivity contribution in [3.63, 3.8) is 0 Å². The molecule has 0 saturated carbocycles. The van der Waals surface area contributed by atoms with Crippen molar-refractivity contribution in [2.24, 2.45) is 0 Å². The second-order valence-corrected chi connectivity index (χ2v) is 10.8. The van der Waals surface area contributed by atoms with Crippen LogP contribution in [0.5, 0.6) is 0 Å². The minimum atomic E-state index is -3.45. The number of hydrogen-bond acceptors (Lipinski definition) is 4. The molecule has 0 N–H and O–H groups in total. The number of benzene rings is 2. The lowest BCUT2D eigenvalue weighted by atomic mass is 10.1. The van der Waals surface area contributed by atoms with Crippen molar-refractivity contribution in [2.75, 3.05) is 44.7 Å². The van der Waals surface area contributed by atoms with E-state index < -0.39 is 10.0 Å². The first-order valence-corrected chi connectivity index (χ1v) is 13.0. The van der Waals surface area contributed by atoms with E-state index in [1.165, 1.54) is 5.56 Å². The number of rotatable bonds is 8. The lowest BCUT2D eigenvalue weighted by Crippen LogP contribution is -2.38. The van der Waals surface area contributed by atoms with Crippen LogP contribution in [0.15, 0.2) is 53.4 Å². The molecule has 2 aromatic carbocycles. The normalized spacial score (nSPS) is 17.0. The van der Waals surface area contributed by atoms with Crippen LogP contribution in [0.4, 0.5) is 5.69 Å². The van der Waals surface area contributed by atoms with E-state index in [9.17, 15) is 13.2 Å². The maximum atomic E-state index is 13.0. The summed E-state index contributed by atoms with van der Waals surface area (Å²) in [6.07, 6.45) is 5.63. The van der Waals surface area contributed by atoms with Crippen molar-refractivity contribution < 1.29 is 13.2 Å². The van der Waals surface area contributed by atoms with Crippen molar-refractivity contribution in [3.05, 3.63) is 59.7 Å². The highest BCUT2D eigenvalue weighted by Crippen LogP contribution is 2.32. The number of anilines is 1. The van der Waals surface area contributed by atoms with Crippen LogP contribution >= 0.6 is 0 Å². The zero-order valence-electron chi connectivity index (χ0n) is 18.9. The van der Waals surface area contributed by atoms with Crippen molar-refractivity contribution in [2.45, 2.75) is 43.4 Å². The summed E-state index contributed by atoms with van der Waals surface area (Å²) >= 11 is 0. The van der Waals surface area contributed by atoms with Gasteiger partial charge < -0.3 is 4.90 Å². The van der Waals surface area contributed by atoms with E-state index in [2.05, 4.69) is 29.2 Å². The van der Waals surface area contributed by atoms with Gasteiger partial charge in [-0.3, -0.25) is 9.69 Å². The molecule has 0 unspecified atom stereocenters. The fourth-order valence-corrected chi connectivity index (χ4v) is 6.21. The molecule has 2 aromatic rings. The average Bonchev–Trinajstić information content (AvgIpc) is 3.24. The van der Waals surface area contributed by atoms with Gasteiger partial charge in [0, 0.05) is 25.3 Å². The van der Waals surface area contributed by atoms with Gasteiger partial charge in [-0.05, 0) is 75.0 Å². The highest BCUT2D eigenvalue weighted by molar-refractivity contribution is 7.89. The standard InChI is InChI=1S/C25H33N3O3S/c1-26(15-8-11-21-9-4-2-5-10-21)20-25(29)28-18-14-22-19-23(12-13-24(22)28)32(30,31)27-16-6-3-7-17-27/h2,4-5,9-10,12-13,19H,3,6-8,11,14-18,20H2,1H3.